The molecule has 1 aliphatic carbocycles. The molecule has 0 spiro atoms. The Morgan fingerprint density at radius 2 is 1.72 bits per heavy atom. The smallest absolute Gasteiger partial charge is 0.399 e. The van der Waals surface area contributed by atoms with Gasteiger partial charge in [0.25, 0.3) is 0 Å². The van der Waals surface area contributed by atoms with Gasteiger partial charge in [0.2, 0.25) is 0 Å². The number of halogens is 1. The Morgan fingerprint density at radius 3 is 2.36 bits per heavy atom. The van der Waals surface area contributed by atoms with Crippen LogP contribution in [0, 0.1) is 5.82 Å². The summed E-state index contributed by atoms with van der Waals surface area (Å²) in [6, 6.07) is 4.02. The Bertz CT molecular complexity index is 657. The van der Waals surface area contributed by atoms with E-state index >= 15 is 0 Å². The highest BCUT2D eigenvalue weighted by Gasteiger charge is 2.52. The van der Waals surface area contributed by atoms with Crippen LogP contribution in [0.4, 0.5) is 4.39 Å². The number of benzene rings is 1. The minimum atomic E-state index is -0.652. The highest BCUT2D eigenvalue weighted by atomic mass is 19.1. The lowest BCUT2D eigenvalue weighted by molar-refractivity contribution is 0.00578. The van der Waals surface area contributed by atoms with Gasteiger partial charge in [0, 0.05) is 24.6 Å². The van der Waals surface area contributed by atoms with Gasteiger partial charge in [0.05, 0.1) is 24.4 Å². The normalized spacial score (nSPS) is 28.4. The van der Waals surface area contributed by atoms with E-state index in [4.69, 9.17) is 14.0 Å². The maximum Gasteiger partial charge on any atom is 0.497 e. The van der Waals surface area contributed by atoms with Crippen molar-refractivity contribution in [1.29, 1.82) is 0 Å². The van der Waals surface area contributed by atoms with Crippen molar-refractivity contribution in [3.05, 3.63) is 29.1 Å². The number of nitrogens with zero attached hydrogens (tertiary/aromatic N) is 1. The van der Waals surface area contributed by atoms with Crippen molar-refractivity contribution in [1.82, 2.24) is 4.90 Å². The Morgan fingerprint density at radius 1 is 1.08 bits per heavy atom. The largest absolute Gasteiger partial charge is 0.497 e. The Kier molecular flexibility index (Phi) is 4.23. The van der Waals surface area contributed by atoms with Gasteiger partial charge in [-0.25, -0.2) is 4.39 Å². The van der Waals surface area contributed by atoms with Crippen LogP contribution in [-0.4, -0.2) is 49.5 Å². The molecule has 1 unspecified atom stereocenters. The summed E-state index contributed by atoms with van der Waals surface area (Å²) in [6.45, 7) is 11.4. The van der Waals surface area contributed by atoms with E-state index in [0.717, 1.165) is 44.7 Å². The van der Waals surface area contributed by atoms with E-state index in [1.807, 2.05) is 33.8 Å². The van der Waals surface area contributed by atoms with Gasteiger partial charge in [-0.3, -0.25) is 4.90 Å². The topological polar surface area (TPSA) is 30.9 Å². The molecular weight excluding hydrogens is 320 g/mol. The molecular formula is C19H27BFNO3. The highest BCUT2D eigenvalue weighted by molar-refractivity contribution is 6.62. The van der Waals surface area contributed by atoms with Crippen LogP contribution in [-0.2, 0) is 20.5 Å². The molecule has 1 aromatic rings. The molecule has 1 aromatic carbocycles. The fraction of sp³-hybridized carbons (Fsp3) is 0.684. The van der Waals surface area contributed by atoms with Crippen LogP contribution in [0.5, 0.6) is 0 Å². The lowest BCUT2D eigenvalue weighted by atomic mass is 9.77. The van der Waals surface area contributed by atoms with E-state index in [0.29, 0.717) is 11.5 Å². The van der Waals surface area contributed by atoms with Crippen LogP contribution in [0.15, 0.2) is 12.1 Å². The van der Waals surface area contributed by atoms with E-state index in [1.165, 1.54) is 5.56 Å². The zero-order valence-electron chi connectivity index (χ0n) is 15.6. The second kappa shape index (κ2) is 6.05. The van der Waals surface area contributed by atoms with Gasteiger partial charge in [-0.1, -0.05) is 6.07 Å². The number of ether oxygens (including phenoxy) is 1. The van der Waals surface area contributed by atoms with E-state index in [1.54, 1.807) is 6.07 Å². The second-order valence-corrected chi connectivity index (χ2v) is 8.36. The summed E-state index contributed by atoms with van der Waals surface area (Å²) in [6.07, 6.45) is 1.97. The maximum atomic E-state index is 14.8. The van der Waals surface area contributed by atoms with Crippen LogP contribution < -0.4 is 5.46 Å². The molecule has 2 fully saturated rings. The molecule has 0 aromatic heterocycles. The van der Waals surface area contributed by atoms with Crippen LogP contribution in [0.1, 0.15) is 51.3 Å². The number of aryl methyl sites for hydroxylation is 1. The first-order valence-electron chi connectivity index (χ1n) is 9.28. The molecule has 1 atom stereocenters. The van der Waals surface area contributed by atoms with Gasteiger partial charge in [-0.05, 0) is 57.7 Å². The molecule has 0 N–H and O–H groups in total. The fourth-order valence-corrected chi connectivity index (χ4v) is 4.04. The SMILES string of the molecule is CC1(C)OB(c2cc3c(cc2F)CCC3N2CCOCC2)OC1(C)C. The standard InChI is InChI=1S/C19H27BFNO3/c1-18(2)19(3,4)25-20(24-18)15-12-14-13(11-16(15)21)5-6-17(14)22-7-9-23-10-8-22/h11-12,17H,5-10H2,1-4H3. The summed E-state index contributed by atoms with van der Waals surface area (Å²) in [4.78, 5) is 2.46. The van der Waals surface area contributed by atoms with Gasteiger partial charge >= 0.3 is 7.12 Å². The zero-order valence-corrected chi connectivity index (χ0v) is 15.6. The van der Waals surface area contributed by atoms with E-state index < -0.39 is 18.3 Å². The van der Waals surface area contributed by atoms with Crippen molar-refractivity contribution in [3.8, 4) is 0 Å². The molecule has 0 radical (unpaired) electrons. The highest BCUT2D eigenvalue weighted by Crippen LogP contribution is 2.39. The van der Waals surface area contributed by atoms with Crippen molar-refractivity contribution in [2.45, 2.75) is 57.8 Å². The Labute approximate surface area is 149 Å². The third-order valence-electron chi connectivity index (χ3n) is 6.30. The molecule has 25 heavy (non-hydrogen) atoms. The quantitative estimate of drug-likeness (QED) is 0.769. The van der Waals surface area contributed by atoms with Crippen molar-refractivity contribution in [3.63, 3.8) is 0 Å². The molecule has 136 valence electrons. The van der Waals surface area contributed by atoms with Crippen LogP contribution in [0.25, 0.3) is 0 Å². The van der Waals surface area contributed by atoms with E-state index in [9.17, 15) is 4.39 Å². The third-order valence-corrected chi connectivity index (χ3v) is 6.30. The van der Waals surface area contributed by atoms with Crippen molar-refractivity contribution < 1.29 is 18.4 Å². The van der Waals surface area contributed by atoms with Gasteiger partial charge in [0.1, 0.15) is 5.82 Å². The molecule has 4 nitrogen and oxygen atoms in total. The summed E-state index contributed by atoms with van der Waals surface area (Å²) in [5.41, 5.74) is 1.94. The van der Waals surface area contributed by atoms with Crippen molar-refractivity contribution in [2.75, 3.05) is 26.3 Å². The fourth-order valence-electron chi connectivity index (χ4n) is 4.04. The van der Waals surface area contributed by atoms with Gasteiger partial charge in [0.15, 0.2) is 0 Å². The zero-order chi connectivity index (χ0) is 17.8. The molecule has 2 saturated heterocycles. The lowest BCUT2D eigenvalue weighted by Crippen LogP contribution is -2.41. The first-order valence-corrected chi connectivity index (χ1v) is 9.28. The third kappa shape index (κ3) is 2.93. The van der Waals surface area contributed by atoms with E-state index in [2.05, 4.69) is 4.90 Å². The Hall–Kier alpha value is -0.945. The van der Waals surface area contributed by atoms with Crippen molar-refractivity contribution in [2.24, 2.45) is 0 Å². The molecule has 3 aliphatic rings. The molecule has 0 saturated carbocycles. The summed E-state index contributed by atoms with van der Waals surface area (Å²) < 4.78 is 32.4. The molecule has 2 aliphatic heterocycles. The number of fused-ring (bicyclic) bond motifs is 1. The van der Waals surface area contributed by atoms with Crippen LogP contribution >= 0.6 is 0 Å². The summed E-state index contributed by atoms with van der Waals surface area (Å²) in [5.74, 6) is -0.222. The first-order chi connectivity index (χ1) is 11.8. The lowest BCUT2D eigenvalue weighted by Gasteiger charge is -2.33. The van der Waals surface area contributed by atoms with Gasteiger partial charge < -0.3 is 14.0 Å². The van der Waals surface area contributed by atoms with Gasteiger partial charge in [-0.15, -0.1) is 0 Å². The molecule has 0 bridgehead atoms. The Balaban J connectivity index is 1.65. The number of hydrogen-bond acceptors (Lipinski definition) is 4. The number of morpholine rings is 1. The molecule has 4 rings (SSSR count). The first kappa shape index (κ1) is 17.5. The predicted molar refractivity (Wildman–Crippen MR) is 95.6 cm³/mol. The monoisotopic (exact) mass is 347 g/mol. The van der Waals surface area contributed by atoms with E-state index in [-0.39, 0.29) is 5.82 Å². The molecule has 6 heteroatoms. The number of rotatable bonds is 2. The predicted octanol–water partition coefficient (Wildman–Crippen LogP) is 2.44. The van der Waals surface area contributed by atoms with Crippen LogP contribution in [0.3, 0.4) is 0 Å². The summed E-state index contributed by atoms with van der Waals surface area (Å²) in [5, 5.41) is 0. The average Bonchev–Trinajstić information content (AvgIpc) is 3.05. The summed E-state index contributed by atoms with van der Waals surface area (Å²) in [7, 11) is -0.652. The number of hydrogen-bond donors (Lipinski definition) is 0. The van der Waals surface area contributed by atoms with Crippen molar-refractivity contribution >= 4 is 12.6 Å². The summed E-state index contributed by atoms with van der Waals surface area (Å²) >= 11 is 0. The average molecular weight is 347 g/mol. The maximum absolute atomic E-state index is 14.8. The molecule has 0 amide bonds. The van der Waals surface area contributed by atoms with Gasteiger partial charge in [-0.2, -0.15) is 0 Å². The molecule has 2 heterocycles. The minimum Gasteiger partial charge on any atom is -0.399 e. The van der Waals surface area contributed by atoms with Crippen LogP contribution in [0.2, 0.25) is 0 Å². The second-order valence-electron chi connectivity index (χ2n) is 8.36. The minimum absolute atomic E-state index is 0.222.